The highest BCUT2D eigenvalue weighted by Gasteiger charge is 2.27. The highest BCUT2D eigenvalue weighted by atomic mass is 15.1. The van der Waals surface area contributed by atoms with Crippen LogP contribution in [0.5, 0.6) is 0 Å². The molecule has 4 rings (SSSR count). The molecule has 2 aliphatic carbocycles. The summed E-state index contributed by atoms with van der Waals surface area (Å²) in [5, 5.41) is 3.55. The van der Waals surface area contributed by atoms with Crippen molar-refractivity contribution < 1.29 is 0 Å². The van der Waals surface area contributed by atoms with Crippen molar-refractivity contribution in [2.24, 2.45) is 0 Å². The van der Waals surface area contributed by atoms with Gasteiger partial charge >= 0.3 is 0 Å². The van der Waals surface area contributed by atoms with Gasteiger partial charge in [0, 0.05) is 18.0 Å². The average molecular weight is 280 g/mol. The van der Waals surface area contributed by atoms with Crippen LogP contribution in [-0.4, -0.2) is 16.0 Å². The minimum Gasteiger partial charge on any atom is -0.384 e. The van der Waals surface area contributed by atoms with Crippen molar-refractivity contribution in [3.63, 3.8) is 0 Å². The molecule has 0 bridgehead atoms. The van der Waals surface area contributed by atoms with E-state index >= 15 is 0 Å². The number of aryl methyl sites for hydroxylation is 1. The summed E-state index contributed by atoms with van der Waals surface area (Å²) in [6.07, 6.45) is 5.71. The number of nitrogens with zero attached hydrogens (tertiary/aromatic N) is 2. The summed E-state index contributed by atoms with van der Waals surface area (Å²) in [6.45, 7) is 0. The molecule has 0 aliphatic heterocycles. The highest BCUT2D eigenvalue weighted by Crippen LogP contribution is 2.38. The van der Waals surface area contributed by atoms with E-state index in [1.807, 2.05) is 6.07 Å². The average Bonchev–Trinajstić information content (AvgIpc) is 3.31. The molecular weight excluding hydrogens is 260 g/mol. The summed E-state index contributed by atoms with van der Waals surface area (Å²) in [5.74, 6) is 2.90. The molecule has 0 radical (unpaired) electrons. The summed E-state index contributed by atoms with van der Waals surface area (Å²) >= 11 is 0. The molecular formula is C17H20N4. The summed E-state index contributed by atoms with van der Waals surface area (Å²) in [6, 6.07) is 11.0. The number of rotatable bonds is 3. The van der Waals surface area contributed by atoms with Crippen LogP contribution in [0.1, 0.15) is 42.1 Å². The monoisotopic (exact) mass is 280 g/mol. The normalized spacial score (nSPS) is 20.9. The maximum Gasteiger partial charge on any atom is 0.136 e. The Morgan fingerprint density at radius 2 is 1.86 bits per heavy atom. The molecule has 1 atom stereocenters. The Kier molecular flexibility index (Phi) is 3.02. The summed E-state index contributed by atoms with van der Waals surface area (Å²) < 4.78 is 0. The van der Waals surface area contributed by atoms with Gasteiger partial charge in [-0.3, -0.25) is 0 Å². The van der Waals surface area contributed by atoms with Crippen LogP contribution in [0.25, 0.3) is 0 Å². The van der Waals surface area contributed by atoms with Gasteiger partial charge in [0.25, 0.3) is 0 Å². The van der Waals surface area contributed by atoms with E-state index in [0.29, 0.717) is 17.8 Å². The van der Waals surface area contributed by atoms with Gasteiger partial charge < -0.3 is 11.1 Å². The van der Waals surface area contributed by atoms with Crippen molar-refractivity contribution in [1.82, 2.24) is 9.97 Å². The molecule has 1 aromatic heterocycles. The third-order valence-electron chi connectivity index (χ3n) is 4.40. The molecule has 1 fully saturated rings. The Bertz CT molecular complexity index is 664. The minimum absolute atomic E-state index is 0.432. The molecule has 1 aromatic carbocycles. The van der Waals surface area contributed by atoms with Crippen LogP contribution in [-0.2, 0) is 12.8 Å². The van der Waals surface area contributed by atoms with Gasteiger partial charge in [0.1, 0.15) is 17.5 Å². The maximum atomic E-state index is 5.92. The molecule has 0 saturated heterocycles. The van der Waals surface area contributed by atoms with E-state index in [2.05, 4.69) is 39.6 Å². The molecule has 2 aromatic rings. The Morgan fingerprint density at radius 3 is 2.67 bits per heavy atom. The highest BCUT2D eigenvalue weighted by molar-refractivity contribution is 5.47. The zero-order valence-corrected chi connectivity index (χ0v) is 12.0. The molecule has 0 spiro atoms. The van der Waals surface area contributed by atoms with Crippen LogP contribution in [0.2, 0.25) is 0 Å². The van der Waals surface area contributed by atoms with Crippen molar-refractivity contribution in [1.29, 1.82) is 0 Å². The Labute approximate surface area is 124 Å². The van der Waals surface area contributed by atoms with E-state index in [0.717, 1.165) is 30.9 Å². The largest absolute Gasteiger partial charge is 0.384 e. The van der Waals surface area contributed by atoms with Crippen LogP contribution < -0.4 is 11.1 Å². The second-order valence-electron chi connectivity index (χ2n) is 6.16. The van der Waals surface area contributed by atoms with E-state index < -0.39 is 0 Å². The molecule has 1 heterocycles. The lowest BCUT2D eigenvalue weighted by atomic mass is 9.88. The van der Waals surface area contributed by atoms with Crippen molar-refractivity contribution in [3.8, 4) is 0 Å². The third kappa shape index (κ3) is 2.71. The van der Waals surface area contributed by atoms with Gasteiger partial charge in [-0.2, -0.15) is 0 Å². The lowest BCUT2D eigenvalue weighted by Gasteiger charge is -2.26. The number of aromatic nitrogens is 2. The first-order valence-corrected chi connectivity index (χ1v) is 7.76. The number of nitrogen functional groups attached to an aromatic ring is 1. The van der Waals surface area contributed by atoms with Gasteiger partial charge in [-0.25, -0.2) is 9.97 Å². The predicted molar refractivity (Wildman–Crippen MR) is 84.3 cm³/mol. The second-order valence-corrected chi connectivity index (χ2v) is 6.16. The van der Waals surface area contributed by atoms with Gasteiger partial charge in [0.15, 0.2) is 0 Å². The number of nitrogens with one attached hydrogen (secondary N) is 1. The molecule has 3 N–H and O–H groups in total. The molecule has 4 heteroatoms. The first kappa shape index (κ1) is 12.6. The smallest absolute Gasteiger partial charge is 0.136 e. The van der Waals surface area contributed by atoms with Gasteiger partial charge in [0.2, 0.25) is 0 Å². The fraction of sp³-hybridized carbons (Fsp3) is 0.412. The molecule has 108 valence electrons. The molecule has 0 amide bonds. The van der Waals surface area contributed by atoms with Gasteiger partial charge in [0.05, 0.1) is 0 Å². The number of nitrogens with two attached hydrogens (primary N) is 1. The van der Waals surface area contributed by atoms with Crippen molar-refractivity contribution in [2.45, 2.75) is 44.1 Å². The first-order chi connectivity index (χ1) is 10.3. The maximum absolute atomic E-state index is 5.92. The molecule has 21 heavy (non-hydrogen) atoms. The van der Waals surface area contributed by atoms with E-state index in [-0.39, 0.29) is 0 Å². The number of anilines is 2. The van der Waals surface area contributed by atoms with Crippen LogP contribution >= 0.6 is 0 Å². The second kappa shape index (κ2) is 5.02. The number of hydrogen-bond donors (Lipinski definition) is 2. The van der Waals surface area contributed by atoms with E-state index in [4.69, 9.17) is 5.73 Å². The minimum atomic E-state index is 0.432. The van der Waals surface area contributed by atoms with Crippen molar-refractivity contribution in [3.05, 3.63) is 47.3 Å². The SMILES string of the molecule is Nc1cc(NC2CCc3ccccc3C2)nc(C2CC2)n1. The Balaban J connectivity index is 1.52. The van der Waals surface area contributed by atoms with E-state index in [1.54, 1.807) is 0 Å². The van der Waals surface area contributed by atoms with Crippen molar-refractivity contribution in [2.75, 3.05) is 11.1 Å². The fourth-order valence-corrected chi connectivity index (χ4v) is 3.11. The van der Waals surface area contributed by atoms with Crippen LogP contribution in [0.15, 0.2) is 30.3 Å². The number of benzene rings is 1. The first-order valence-electron chi connectivity index (χ1n) is 7.76. The fourth-order valence-electron chi connectivity index (χ4n) is 3.11. The lowest BCUT2D eigenvalue weighted by Crippen LogP contribution is -2.28. The summed E-state index contributed by atoms with van der Waals surface area (Å²) in [4.78, 5) is 8.99. The van der Waals surface area contributed by atoms with Crippen molar-refractivity contribution >= 4 is 11.6 Å². The van der Waals surface area contributed by atoms with E-state index in [9.17, 15) is 0 Å². The van der Waals surface area contributed by atoms with E-state index in [1.165, 1.54) is 24.0 Å². The topological polar surface area (TPSA) is 63.8 Å². The van der Waals surface area contributed by atoms with Gasteiger partial charge in [-0.05, 0) is 43.2 Å². The Hall–Kier alpha value is -2.10. The van der Waals surface area contributed by atoms with Crippen LogP contribution in [0, 0.1) is 0 Å². The number of fused-ring (bicyclic) bond motifs is 1. The standard InChI is InChI=1S/C17H20N4/c18-15-10-16(21-17(20-15)12-5-6-12)19-14-8-7-11-3-1-2-4-13(11)9-14/h1-4,10,12,14H,5-9H2,(H3,18,19,20,21). The summed E-state index contributed by atoms with van der Waals surface area (Å²) in [7, 11) is 0. The third-order valence-corrected chi connectivity index (χ3v) is 4.40. The van der Waals surface area contributed by atoms with Gasteiger partial charge in [-0.15, -0.1) is 0 Å². The zero-order chi connectivity index (χ0) is 14.2. The quantitative estimate of drug-likeness (QED) is 0.907. The summed E-state index contributed by atoms with van der Waals surface area (Å²) in [5.41, 5.74) is 8.85. The Morgan fingerprint density at radius 1 is 1.05 bits per heavy atom. The van der Waals surface area contributed by atoms with Gasteiger partial charge in [-0.1, -0.05) is 24.3 Å². The van der Waals surface area contributed by atoms with Crippen LogP contribution in [0.4, 0.5) is 11.6 Å². The molecule has 4 nitrogen and oxygen atoms in total. The zero-order valence-electron chi connectivity index (χ0n) is 12.0. The van der Waals surface area contributed by atoms with Crippen LogP contribution in [0.3, 0.4) is 0 Å². The molecule has 2 aliphatic rings. The molecule has 1 saturated carbocycles. The predicted octanol–water partition coefficient (Wildman–Crippen LogP) is 2.91. The number of hydrogen-bond acceptors (Lipinski definition) is 4. The molecule has 1 unspecified atom stereocenters. The lowest BCUT2D eigenvalue weighted by molar-refractivity contribution is 0.608.